The highest BCUT2D eigenvalue weighted by Crippen LogP contribution is 2.40. The Hall–Kier alpha value is -0.840. The molecule has 0 radical (unpaired) electrons. The first kappa shape index (κ1) is 15.5. The van der Waals surface area contributed by atoms with Crippen LogP contribution in [0.1, 0.15) is 32.6 Å². The van der Waals surface area contributed by atoms with Gasteiger partial charge in [0.1, 0.15) is 0 Å². The number of alkyl halides is 3. The summed E-state index contributed by atoms with van der Waals surface area (Å²) in [6.07, 6.45) is 4.79. The average molecular weight is 303 g/mol. The molecule has 0 spiro atoms. The average Bonchev–Trinajstić information content (AvgIpc) is 2.38. The zero-order chi connectivity index (χ0) is 14.6. The van der Waals surface area contributed by atoms with Gasteiger partial charge in [0.15, 0.2) is 0 Å². The predicted molar refractivity (Wildman–Crippen MR) is 78.0 cm³/mol. The third-order valence-electron chi connectivity index (χ3n) is 3.83. The minimum atomic E-state index is -4.24. The molecular weight excluding hydrogens is 283 g/mol. The Bertz CT molecular complexity index is 425. The van der Waals surface area contributed by atoms with Crippen LogP contribution in [-0.4, -0.2) is 12.1 Å². The first-order valence-corrected chi connectivity index (χ1v) is 7.84. The van der Waals surface area contributed by atoms with Crippen molar-refractivity contribution in [3.05, 3.63) is 24.3 Å². The standard InChI is InChI=1S/C15H20F3NS/c1-11-6-8-12(9-7-11)10-19-13-4-2-3-5-14(13)20-15(16,17)18/h2-5,11-12,19H,6-10H2,1H3. The number of thioether (sulfide) groups is 1. The minimum Gasteiger partial charge on any atom is -0.384 e. The molecule has 0 atom stereocenters. The van der Waals surface area contributed by atoms with Crippen molar-refractivity contribution in [3.63, 3.8) is 0 Å². The van der Waals surface area contributed by atoms with Gasteiger partial charge in [0.25, 0.3) is 0 Å². The number of rotatable bonds is 4. The molecule has 20 heavy (non-hydrogen) atoms. The fraction of sp³-hybridized carbons (Fsp3) is 0.600. The number of nitrogens with one attached hydrogen (secondary N) is 1. The summed E-state index contributed by atoms with van der Waals surface area (Å²) in [5.41, 5.74) is -3.65. The zero-order valence-electron chi connectivity index (χ0n) is 11.5. The van der Waals surface area contributed by atoms with E-state index in [4.69, 9.17) is 0 Å². The van der Waals surface area contributed by atoms with Crippen LogP contribution >= 0.6 is 11.8 Å². The van der Waals surface area contributed by atoms with Gasteiger partial charge in [-0.25, -0.2) is 0 Å². The number of halogens is 3. The molecule has 1 aliphatic rings. The van der Waals surface area contributed by atoms with E-state index >= 15 is 0 Å². The molecule has 1 saturated carbocycles. The van der Waals surface area contributed by atoms with E-state index in [0.29, 0.717) is 11.6 Å². The molecule has 0 heterocycles. The molecule has 1 nitrogen and oxygen atoms in total. The normalized spacial score (nSPS) is 23.6. The van der Waals surface area contributed by atoms with Gasteiger partial charge in [-0.2, -0.15) is 13.2 Å². The van der Waals surface area contributed by atoms with Crippen LogP contribution in [0, 0.1) is 11.8 Å². The zero-order valence-corrected chi connectivity index (χ0v) is 12.4. The molecule has 0 unspecified atom stereocenters. The van der Waals surface area contributed by atoms with E-state index in [0.717, 1.165) is 12.5 Å². The maximum Gasteiger partial charge on any atom is 0.446 e. The summed E-state index contributed by atoms with van der Waals surface area (Å²) in [5, 5.41) is 3.20. The summed E-state index contributed by atoms with van der Waals surface area (Å²) in [6, 6.07) is 6.65. The Balaban J connectivity index is 1.92. The fourth-order valence-electron chi connectivity index (χ4n) is 2.61. The molecule has 0 aromatic heterocycles. The van der Waals surface area contributed by atoms with Gasteiger partial charge in [-0.05, 0) is 48.6 Å². The number of benzene rings is 1. The smallest absolute Gasteiger partial charge is 0.384 e. The summed E-state index contributed by atoms with van der Waals surface area (Å²) < 4.78 is 37.5. The Labute approximate surface area is 122 Å². The van der Waals surface area contributed by atoms with Gasteiger partial charge in [0.2, 0.25) is 0 Å². The van der Waals surface area contributed by atoms with Crippen LogP contribution in [0.2, 0.25) is 0 Å². The lowest BCUT2D eigenvalue weighted by atomic mass is 9.83. The number of hydrogen-bond acceptors (Lipinski definition) is 2. The highest BCUT2D eigenvalue weighted by molar-refractivity contribution is 8.00. The molecule has 1 N–H and O–H groups in total. The molecule has 1 aliphatic carbocycles. The second kappa shape index (κ2) is 6.74. The summed E-state index contributed by atoms with van der Waals surface area (Å²) in [7, 11) is 0. The van der Waals surface area contributed by atoms with Gasteiger partial charge in [-0.3, -0.25) is 0 Å². The summed E-state index contributed by atoms with van der Waals surface area (Å²) in [4.78, 5) is 0.254. The van der Waals surface area contributed by atoms with Gasteiger partial charge >= 0.3 is 5.51 Å². The second-order valence-electron chi connectivity index (χ2n) is 5.55. The second-order valence-corrected chi connectivity index (χ2v) is 6.66. The largest absolute Gasteiger partial charge is 0.446 e. The van der Waals surface area contributed by atoms with Crippen LogP contribution < -0.4 is 5.32 Å². The summed E-state index contributed by atoms with van der Waals surface area (Å²) in [5.74, 6) is 1.37. The van der Waals surface area contributed by atoms with E-state index in [-0.39, 0.29) is 16.7 Å². The molecule has 112 valence electrons. The first-order chi connectivity index (χ1) is 9.44. The van der Waals surface area contributed by atoms with Gasteiger partial charge < -0.3 is 5.32 Å². The van der Waals surface area contributed by atoms with Gasteiger partial charge in [0, 0.05) is 17.1 Å². The maximum atomic E-state index is 12.5. The van der Waals surface area contributed by atoms with Crippen molar-refractivity contribution in [2.24, 2.45) is 11.8 Å². The van der Waals surface area contributed by atoms with E-state index < -0.39 is 5.51 Å². The van der Waals surface area contributed by atoms with E-state index in [1.807, 2.05) is 0 Å². The van der Waals surface area contributed by atoms with Crippen molar-refractivity contribution in [1.82, 2.24) is 0 Å². The van der Waals surface area contributed by atoms with Crippen LogP contribution in [0.4, 0.5) is 18.9 Å². The molecule has 1 fully saturated rings. The third kappa shape index (κ3) is 4.93. The van der Waals surface area contributed by atoms with Gasteiger partial charge in [-0.1, -0.05) is 31.9 Å². The SMILES string of the molecule is CC1CCC(CNc2ccccc2SC(F)(F)F)CC1. The highest BCUT2D eigenvalue weighted by Gasteiger charge is 2.30. The maximum absolute atomic E-state index is 12.5. The summed E-state index contributed by atoms with van der Waals surface area (Å²) >= 11 is -0.0481. The minimum absolute atomic E-state index is 0.0481. The lowest BCUT2D eigenvalue weighted by Gasteiger charge is -2.27. The van der Waals surface area contributed by atoms with Crippen molar-refractivity contribution >= 4 is 17.4 Å². The topological polar surface area (TPSA) is 12.0 Å². The van der Waals surface area contributed by atoms with E-state index in [2.05, 4.69) is 12.2 Å². The van der Waals surface area contributed by atoms with Crippen LogP contribution in [0.25, 0.3) is 0 Å². The lowest BCUT2D eigenvalue weighted by molar-refractivity contribution is -0.0327. The lowest BCUT2D eigenvalue weighted by Crippen LogP contribution is -2.20. The van der Waals surface area contributed by atoms with Crippen LogP contribution in [0.15, 0.2) is 29.2 Å². The van der Waals surface area contributed by atoms with Crippen LogP contribution in [-0.2, 0) is 0 Å². The van der Waals surface area contributed by atoms with Gasteiger partial charge in [-0.15, -0.1) is 0 Å². The van der Waals surface area contributed by atoms with E-state index in [1.54, 1.807) is 18.2 Å². The molecule has 1 aromatic rings. The fourth-order valence-corrected chi connectivity index (χ4v) is 3.26. The highest BCUT2D eigenvalue weighted by atomic mass is 32.2. The predicted octanol–water partition coefficient (Wildman–Crippen LogP) is 5.54. The Morgan fingerprint density at radius 3 is 2.45 bits per heavy atom. The molecule has 1 aromatic carbocycles. The molecule has 2 rings (SSSR count). The Kier molecular flexibility index (Phi) is 5.24. The van der Waals surface area contributed by atoms with Crippen molar-refractivity contribution < 1.29 is 13.2 Å². The Morgan fingerprint density at radius 1 is 1.15 bits per heavy atom. The monoisotopic (exact) mass is 303 g/mol. The molecule has 0 bridgehead atoms. The number of para-hydroxylation sites is 1. The molecular formula is C15H20F3NS. The molecule has 0 saturated heterocycles. The van der Waals surface area contributed by atoms with E-state index in [1.165, 1.54) is 31.7 Å². The van der Waals surface area contributed by atoms with Crippen molar-refractivity contribution in [1.29, 1.82) is 0 Å². The van der Waals surface area contributed by atoms with Crippen molar-refractivity contribution in [2.75, 3.05) is 11.9 Å². The number of anilines is 1. The quantitative estimate of drug-likeness (QED) is 0.733. The van der Waals surface area contributed by atoms with E-state index in [9.17, 15) is 13.2 Å². The van der Waals surface area contributed by atoms with Gasteiger partial charge in [0.05, 0.1) is 0 Å². The Morgan fingerprint density at radius 2 is 1.80 bits per heavy atom. The van der Waals surface area contributed by atoms with Crippen molar-refractivity contribution in [3.8, 4) is 0 Å². The molecule has 0 amide bonds. The molecule has 0 aliphatic heterocycles. The summed E-state index contributed by atoms with van der Waals surface area (Å²) in [6.45, 7) is 3.03. The molecule has 5 heteroatoms. The third-order valence-corrected chi connectivity index (χ3v) is 4.64. The first-order valence-electron chi connectivity index (χ1n) is 7.02. The van der Waals surface area contributed by atoms with Crippen LogP contribution in [0.3, 0.4) is 0 Å². The van der Waals surface area contributed by atoms with Crippen molar-refractivity contribution in [2.45, 2.75) is 43.0 Å². The number of hydrogen-bond donors (Lipinski definition) is 1. The van der Waals surface area contributed by atoms with Crippen LogP contribution in [0.5, 0.6) is 0 Å².